The van der Waals surface area contributed by atoms with Gasteiger partial charge in [0.2, 0.25) is 0 Å². The van der Waals surface area contributed by atoms with E-state index in [4.69, 9.17) is 0 Å². The van der Waals surface area contributed by atoms with Gasteiger partial charge in [-0.1, -0.05) is 66.7 Å². The highest BCUT2D eigenvalue weighted by atomic mass is 15.3. The molecule has 1 aliphatic heterocycles. The van der Waals surface area contributed by atoms with Gasteiger partial charge >= 0.3 is 0 Å². The SMILES string of the molecule is Cc1ccc2c(c1)NC(c1ccccc1)(c1ccccc1)N2. The van der Waals surface area contributed by atoms with Crippen LogP contribution in [0.1, 0.15) is 16.7 Å². The van der Waals surface area contributed by atoms with E-state index in [0.717, 1.165) is 11.4 Å². The standard InChI is InChI=1S/C20H18N2/c1-15-12-13-18-19(14-15)22-20(21-18,16-8-4-2-5-9-16)17-10-6-3-7-11-17/h2-14,21-22H,1H3. The maximum atomic E-state index is 3.71. The third-order valence-electron chi connectivity index (χ3n) is 4.23. The molecule has 108 valence electrons. The van der Waals surface area contributed by atoms with E-state index in [1.54, 1.807) is 0 Å². The molecule has 3 aromatic carbocycles. The summed E-state index contributed by atoms with van der Waals surface area (Å²) in [6.07, 6.45) is 0. The molecule has 3 aromatic rings. The van der Waals surface area contributed by atoms with Crippen molar-refractivity contribution >= 4 is 11.4 Å². The van der Waals surface area contributed by atoms with Gasteiger partial charge < -0.3 is 10.6 Å². The number of hydrogen-bond acceptors (Lipinski definition) is 2. The number of aryl methyl sites for hydroxylation is 1. The van der Waals surface area contributed by atoms with Crippen LogP contribution in [-0.2, 0) is 5.66 Å². The predicted octanol–water partition coefficient (Wildman–Crippen LogP) is 4.73. The van der Waals surface area contributed by atoms with Crippen molar-refractivity contribution in [3.8, 4) is 0 Å². The van der Waals surface area contributed by atoms with E-state index >= 15 is 0 Å². The van der Waals surface area contributed by atoms with Crippen molar-refractivity contribution in [3.05, 3.63) is 95.6 Å². The molecule has 1 heterocycles. The summed E-state index contributed by atoms with van der Waals surface area (Å²) in [6, 6.07) is 27.5. The molecule has 0 amide bonds. The molecule has 0 bridgehead atoms. The van der Waals surface area contributed by atoms with Crippen LogP contribution in [-0.4, -0.2) is 0 Å². The molecule has 0 saturated carbocycles. The molecule has 22 heavy (non-hydrogen) atoms. The van der Waals surface area contributed by atoms with Crippen LogP contribution in [0.25, 0.3) is 0 Å². The average Bonchev–Trinajstić information content (AvgIpc) is 2.96. The minimum Gasteiger partial charge on any atom is -0.354 e. The van der Waals surface area contributed by atoms with Gasteiger partial charge in [-0.2, -0.15) is 0 Å². The summed E-state index contributed by atoms with van der Waals surface area (Å²) in [4.78, 5) is 0. The Bertz CT molecular complexity index is 755. The Morgan fingerprint density at radius 3 is 1.77 bits per heavy atom. The van der Waals surface area contributed by atoms with Crippen LogP contribution in [0, 0.1) is 6.92 Å². The number of fused-ring (bicyclic) bond motifs is 1. The first kappa shape index (κ1) is 13.0. The highest BCUT2D eigenvalue weighted by molar-refractivity contribution is 5.80. The topological polar surface area (TPSA) is 24.1 Å². The number of nitrogens with one attached hydrogen (secondary N) is 2. The Balaban J connectivity index is 1.90. The van der Waals surface area contributed by atoms with Gasteiger partial charge in [0.25, 0.3) is 0 Å². The zero-order valence-corrected chi connectivity index (χ0v) is 12.5. The van der Waals surface area contributed by atoms with E-state index in [0.29, 0.717) is 0 Å². The predicted molar refractivity (Wildman–Crippen MR) is 92.1 cm³/mol. The molecular weight excluding hydrogens is 268 g/mol. The number of benzene rings is 3. The van der Waals surface area contributed by atoms with Crippen LogP contribution in [0.3, 0.4) is 0 Å². The van der Waals surface area contributed by atoms with Gasteiger partial charge in [-0.15, -0.1) is 0 Å². The zero-order chi connectivity index (χ0) is 15.0. The van der Waals surface area contributed by atoms with Crippen LogP contribution < -0.4 is 10.6 Å². The largest absolute Gasteiger partial charge is 0.354 e. The van der Waals surface area contributed by atoms with Crippen LogP contribution in [0.2, 0.25) is 0 Å². The van der Waals surface area contributed by atoms with Gasteiger partial charge in [0.1, 0.15) is 0 Å². The zero-order valence-electron chi connectivity index (χ0n) is 12.5. The molecule has 0 unspecified atom stereocenters. The third-order valence-corrected chi connectivity index (χ3v) is 4.23. The van der Waals surface area contributed by atoms with Crippen LogP contribution >= 0.6 is 0 Å². The number of hydrogen-bond donors (Lipinski definition) is 2. The summed E-state index contributed by atoms with van der Waals surface area (Å²) < 4.78 is 0. The Hall–Kier alpha value is -2.74. The molecule has 0 fully saturated rings. The second kappa shape index (κ2) is 4.92. The van der Waals surface area contributed by atoms with Gasteiger partial charge in [-0.05, 0) is 24.6 Å². The fourth-order valence-electron chi connectivity index (χ4n) is 3.14. The second-order valence-corrected chi connectivity index (χ2v) is 5.78. The molecule has 0 saturated heterocycles. The minimum absolute atomic E-state index is 0.418. The second-order valence-electron chi connectivity index (χ2n) is 5.78. The van der Waals surface area contributed by atoms with E-state index < -0.39 is 5.66 Å². The molecule has 0 aromatic heterocycles. The first-order valence-electron chi connectivity index (χ1n) is 7.56. The summed E-state index contributed by atoms with van der Waals surface area (Å²) in [5, 5.41) is 7.41. The Kier molecular flexibility index (Phi) is 2.90. The molecule has 0 atom stereocenters. The van der Waals surface area contributed by atoms with E-state index in [1.807, 2.05) is 0 Å². The Morgan fingerprint density at radius 2 is 1.18 bits per heavy atom. The summed E-state index contributed by atoms with van der Waals surface area (Å²) in [7, 11) is 0. The van der Waals surface area contributed by atoms with Crippen LogP contribution in [0.5, 0.6) is 0 Å². The highest BCUT2D eigenvalue weighted by Crippen LogP contribution is 2.43. The quantitative estimate of drug-likeness (QED) is 0.711. The molecule has 0 radical (unpaired) electrons. The Labute approximate surface area is 130 Å². The number of rotatable bonds is 2. The fraction of sp³-hybridized carbons (Fsp3) is 0.100. The molecule has 0 spiro atoms. The van der Waals surface area contributed by atoms with Gasteiger partial charge in [0.05, 0.1) is 11.4 Å². The lowest BCUT2D eigenvalue weighted by molar-refractivity contribution is 0.703. The lowest BCUT2D eigenvalue weighted by Crippen LogP contribution is -2.39. The fourth-order valence-corrected chi connectivity index (χ4v) is 3.14. The van der Waals surface area contributed by atoms with E-state index in [2.05, 4.69) is 96.4 Å². The van der Waals surface area contributed by atoms with Gasteiger partial charge in [-0.25, -0.2) is 0 Å². The van der Waals surface area contributed by atoms with Crippen molar-refractivity contribution in [2.45, 2.75) is 12.6 Å². The van der Waals surface area contributed by atoms with Crippen molar-refractivity contribution in [2.24, 2.45) is 0 Å². The molecule has 2 N–H and O–H groups in total. The summed E-state index contributed by atoms with van der Waals surface area (Å²) in [5.41, 5.74) is 5.53. The monoisotopic (exact) mass is 286 g/mol. The van der Waals surface area contributed by atoms with Crippen molar-refractivity contribution in [2.75, 3.05) is 10.6 Å². The van der Waals surface area contributed by atoms with E-state index in [-0.39, 0.29) is 0 Å². The van der Waals surface area contributed by atoms with Gasteiger partial charge in [0, 0.05) is 11.1 Å². The van der Waals surface area contributed by atoms with Gasteiger partial charge in [-0.3, -0.25) is 0 Å². The van der Waals surface area contributed by atoms with E-state index in [1.165, 1.54) is 16.7 Å². The van der Waals surface area contributed by atoms with Crippen molar-refractivity contribution in [3.63, 3.8) is 0 Å². The lowest BCUT2D eigenvalue weighted by atomic mass is 9.92. The minimum atomic E-state index is -0.418. The summed E-state index contributed by atoms with van der Waals surface area (Å²) >= 11 is 0. The van der Waals surface area contributed by atoms with E-state index in [9.17, 15) is 0 Å². The molecule has 0 aliphatic carbocycles. The van der Waals surface area contributed by atoms with Gasteiger partial charge in [0.15, 0.2) is 5.66 Å². The summed E-state index contributed by atoms with van der Waals surface area (Å²) in [5.74, 6) is 0. The molecule has 2 nitrogen and oxygen atoms in total. The number of anilines is 2. The molecule has 1 aliphatic rings. The molecule has 2 heteroatoms. The Morgan fingerprint density at radius 1 is 0.636 bits per heavy atom. The van der Waals surface area contributed by atoms with Crippen LogP contribution in [0.4, 0.5) is 11.4 Å². The highest BCUT2D eigenvalue weighted by Gasteiger charge is 2.39. The van der Waals surface area contributed by atoms with Crippen LogP contribution in [0.15, 0.2) is 78.9 Å². The van der Waals surface area contributed by atoms with Crippen molar-refractivity contribution < 1.29 is 0 Å². The average molecular weight is 286 g/mol. The molecular formula is C20H18N2. The smallest absolute Gasteiger partial charge is 0.161 e. The van der Waals surface area contributed by atoms with Crippen molar-refractivity contribution in [1.29, 1.82) is 0 Å². The third kappa shape index (κ3) is 1.96. The maximum Gasteiger partial charge on any atom is 0.161 e. The lowest BCUT2D eigenvalue weighted by Gasteiger charge is -2.32. The first-order valence-corrected chi connectivity index (χ1v) is 7.56. The summed E-state index contributed by atoms with van der Waals surface area (Å²) in [6.45, 7) is 2.12. The first-order chi connectivity index (χ1) is 10.8. The maximum absolute atomic E-state index is 3.71. The normalized spacial score (nSPS) is 14.8. The van der Waals surface area contributed by atoms with Crippen molar-refractivity contribution in [1.82, 2.24) is 0 Å². The molecule has 4 rings (SSSR count).